The van der Waals surface area contributed by atoms with Crippen LogP contribution in [0.1, 0.15) is 16.9 Å². The molecule has 1 amide bonds. The summed E-state index contributed by atoms with van der Waals surface area (Å²) >= 11 is 2.02. The van der Waals surface area contributed by atoms with E-state index in [1.807, 2.05) is 11.8 Å². The molecule has 5 nitrogen and oxygen atoms in total. The fourth-order valence-electron chi connectivity index (χ4n) is 2.81. The van der Waals surface area contributed by atoms with E-state index < -0.39 is 0 Å². The van der Waals surface area contributed by atoms with Crippen molar-refractivity contribution < 1.29 is 9.90 Å². The summed E-state index contributed by atoms with van der Waals surface area (Å²) in [7, 11) is 0. The van der Waals surface area contributed by atoms with Gasteiger partial charge in [0.25, 0.3) is 5.91 Å². The lowest BCUT2D eigenvalue weighted by Crippen LogP contribution is -2.52. The molecule has 6 heteroatoms. The third-order valence-corrected chi connectivity index (χ3v) is 5.16. The Labute approximate surface area is 123 Å². The van der Waals surface area contributed by atoms with Gasteiger partial charge in [0.05, 0.1) is 0 Å². The van der Waals surface area contributed by atoms with Gasteiger partial charge in [0.2, 0.25) is 0 Å². The van der Waals surface area contributed by atoms with Crippen LogP contribution in [0.15, 0.2) is 18.3 Å². The molecule has 1 atom stereocenters. The predicted octanol–water partition coefficient (Wildman–Crippen LogP) is 1.05. The maximum absolute atomic E-state index is 12.3. The van der Waals surface area contributed by atoms with E-state index in [4.69, 9.17) is 0 Å². The lowest BCUT2D eigenvalue weighted by Gasteiger charge is -2.37. The van der Waals surface area contributed by atoms with Crippen LogP contribution in [0.25, 0.3) is 0 Å². The van der Waals surface area contributed by atoms with E-state index in [-0.39, 0.29) is 17.4 Å². The molecule has 20 heavy (non-hydrogen) atoms. The number of aromatic hydroxyl groups is 1. The second-order valence-electron chi connectivity index (χ2n) is 5.22. The first-order valence-corrected chi connectivity index (χ1v) is 8.16. The van der Waals surface area contributed by atoms with Crippen molar-refractivity contribution in [2.45, 2.75) is 12.5 Å². The second kappa shape index (κ2) is 6.01. The van der Waals surface area contributed by atoms with Crippen molar-refractivity contribution in [2.75, 3.05) is 37.7 Å². The summed E-state index contributed by atoms with van der Waals surface area (Å²) in [6.45, 7) is 3.28. The zero-order valence-electron chi connectivity index (χ0n) is 11.4. The van der Waals surface area contributed by atoms with E-state index in [0.717, 1.165) is 26.2 Å². The second-order valence-corrected chi connectivity index (χ2v) is 6.37. The number of rotatable bonds is 2. The number of amides is 1. The molecule has 0 spiro atoms. The van der Waals surface area contributed by atoms with E-state index in [2.05, 4.69) is 9.88 Å². The Kier molecular flexibility index (Phi) is 4.12. The highest BCUT2D eigenvalue weighted by Crippen LogP contribution is 2.24. The highest BCUT2D eigenvalue weighted by atomic mass is 32.2. The van der Waals surface area contributed by atoms with Gasteiger partial charge in [0, 0.05) is 44.2 Å². The zero-order chi connectivity index (χ0) is 13.9. The molecule has 0 saturated carbocycles. The first kappa shape index (κ1) is 13.7. The minimum absolute atomic E-state index is 0.0351. The minimum Gasteiger partial charge on any atom is -0.505 e. The van der Waals surface area contributed by atoms with Crippen LogP contribution >= 0.6 is 11.8 Å². The molecule has 3 rings (SSSR count). The average molecular weight is 293 g/mol. The third-order valence-electron chi connectivity index (χ3n) is 4.01. The van der Waals surface area contributed by atoms with Crippen LogP contribution in [0.4, 0.5) is 0 Å². The number of aromatic nitrogens is 1. The number of carbonyl (C=O) groups is 1. The molecule has 0 aliphatic carbocycles. The van der Waals surface area contributed by atoms with Gasteiger partial charge in [-0.05, 0) is 24.3 Å². The lowest BCUT2D eigenvalue weighted by molar-refractivity contribution is 0.0580. The smallest absolute Gasteiger partial charge is 0.276 e. The number of hydrogen-bond acceptors (Lipinski definition) is 5. The van der Waals surface area contributed by atoms with Crippen LogP contribution < -0.4 is 0 Å². The molecule has 2 aliphatic heterocycles. The molecule has 0 radical (unpaired) electrons. The Bertz CT molecular complexity index is 483. The Morgan fingerprint density at radius 1 is 1.35 bits per heavy atom. The summed E-state index contributed by atoms with van der Waals surface area (Å²) in [6, 6.07) is 3.81. The van der Waals surface area contributed by atoms with E-state index in [1.165, 1.54) is 24.0 Å². The lowest BCUT2D eigenvalue weighted by atomic mass is 10.2. The van der Waals surface area contributed by atoms with Gasteiger partial charge in [-0.25, -0.2) is 4.98 Å². The molecule has 1 aromatic heterocycles. The van der Waals surface area contributed by atoms with Crippen molar-refractivity contribution >= 4 is 17.7 Å². The van der Waals surface area contributed by atoms with Crippen LogP contribution in [-0.4, -0.2) is 69.5 Å². The highest BCUT2D eigenvalue weighted by molar-refractivity contribution is 7.99. The van der Waals surface area contributed by atoms with Crippen molar-refractivity contribution in [3.05, 3.63) is 24.0 Å². The van der Waals surface area contributed by atoms with E-state index in [9.17, 15) is 9.90 Å². The first-order valence-electron chi connectivity index (χ1n) is 7.01. The SMILES string of the molecule is O=C(c1ncccc1O)N1CCN(C2CCSC2)CC1. The first-order chi connectivity index (χ1) is 9.75. The highest BCUT2D eigenvalue weighted by Gasteiger charge is 2.29. The summed E-state index contributed by atoms with van der Waals surface area (Å²) in [5.41, 5.74) is 0.164. The van der Waals surface area contributed by atoms with Crippen LogP contribution in [0.2, 0.25) is 0 Å². The van der Waals surface area contributed by atoms with Crippen molar-refractivity contribution in [2.24, 2.45) is 0 Å². The summed E-state index contributed by atoms with van der Waals surface area (Å²) in [5, 5.41) is 9.71. The largest absolute Gasteiger partial charge is 0.505 e. The van der Waals surface area contributed by atoms with Crippen molar-refractivity contribution in [3.63, 3.8) is 0 Å². The van der Waals surface area contributed by atoms with Gasteiger partial charge >= 0.3 is 0 Å². The average Bonchev–Trinajstić information content (AvgIpc) is 3.01. The maximum Gasteiger partial charge on any atom is 0.276 e. The molecule has 3 heterocycles. The Morgan fingerprint density at radius 3 is 2.80 bits per heavy atom. The van der Waals surface area contributed by atoms with E-state index >= 15 is 0 Å². The number of hydrogen-bond donors (Lipinski definition) is 1. The number of pyridine rings is 1. The standard InChI is InChI=1S/C14H19N3O2S/c18-12-2-1-4-15-13(12)14(19)17-7-5-16(6-8-17)11-3-9-20-10-11/h1-2,4,11,18H,3,5-10H2. The predicted molar refractivity (Wildman–Crippen MR) is 79.1 cm³/mol. The summed E-state index contributed by atoms with van der Waals surface area (Å²) in [5.74, 6) is 2.27. The molecule has 2 saturated heterocycles. The van der Waals surface area contributed by atoms with Crippen molar-refractivity contribution in [1.82, 2.24) is 14.8 Å². The van der Waals surface area contributed by atoms with Gasteiger partial charge in [-0.15, -0.1) is 0 Å². The third kappa shape index (κ3) is 2.76. The number of carbonyl (C=O) groups excluding carboxylic acids is 1. The number of nitrogens with zero attached hydrogens (tertiary/aromatic N) is 3. The maximum atomic E-state index is 12.3. The van der Waals surface area contributed by atoms with Gasteiger partial charge in [-0.2, -0.15) is 11.8 Å². The van der Waals surface area contributed by atoms with Gasteiger partial charge in [-0.1, -0.05) is 0 Å². The van der Waals surface area contributed by atoms with Crippen molar-refractivity contribution in [1.29, 1.82) is 0 Å². The van der Waals surface area contributed by atoms with Crippen LogP contribution in [0.5, 0.6) is 5.75 Å². The molecule has 1 unspecified atom stereocenters. The Hall–Kier alpha value is -1.27. The summed E-state index contributed by atoms with van der Waals surface area (Å²) in [6.07, 6.45) is 2.80. The summed E-state index contributed by atoms with van der Waals surface area (Å²) in [4.78, 5) is 20.6. The zero-order valence-corrected chi connectivity index (χ0v) is 12.2. The van der Waals surface area contributed by atoms with Gasteiger partial charge in [0.1, 0.15) is 5.75 Å². The van der Waals surface area contributed by atoms with E-state index in [1.54, 1.807) is 17.2 Å². The monoisotopic (exact) mass is 293 g/mol. The quantitative estimate of drug-likeness (QED) is 0.883. The van der Waals surface area contributed by atoms with Crippen molar-refractivity contribution in [3.8, 4) is 5.75 Å². The van der Waals surface area contributed by atoms with Crippen LogP contribution in [0, 0.1) is 0 Å². The number of thioether (sulfide) groups is 1. The van der Waals surface area contributed by atoms with Crippen LogP contribution in [0.3, 0.4) is 0 Å². The fourth-order valence-corrected chi connectivity index (χ4v) is 4.07. The molecule has 0 aromatic carbocycles. The van der Waals surface area contributed by atoms with Gasteiger partial charge < -0.3 is 10.0 Å². The number of piperazine rings is 1. The molecule has 2 fully saturated rings. The Balaban J connectivity index is 1.60. The van der Waals surface area contributed by atoms with Crippen LogP contribution in [-0.2, 0) is 0 Å². The summed E-state index contributed by atoms with van der Waals surface area (Å²) < 4.78 is 0. The molecule has 108 valence electrons. The molecular weight excluding hydrogens is 274 g/mol. The molecular formula is C14H19N3O2S. The Morgan fingerprint density at radius 2 is 2.15 bits per heavy atom. The fraction of sp³-hybridized carbons (Fsp3) is 0.571. The topological polar surface area (TPSA) is 56.7 Å². The van der Waals surface area contributed by atoms with Gasteiger partial charge in [-0.3, -0.25) is 9.69 Å². The molecule has 0 bridgehead atoms. The van der Waals surface area contributed by atoms with Gasteiger partial charge in [0.15, 0.2) is 5.69 Å². The molecule has 2 aliphatic rings. The van der Waals surface area contributed by atoms with E-state index in [0.29, 0.717) is 6.04 Å². The normalized spacial score (nSPS) is 24.0. The molecule has 1 N–H and O–H groups in total. The molecule has 1 aromatic rings. The minimum atomic E-state index is -0.163.